The molecule has 1 atom stereocenters. The molecule has 2 aliphatic rings. The van der Waals surface area contributed by atoms with E-state index in [4.69, 9.17) is 4.74 Å². The summed E-state index contributed by atoms with van der Waals surface area (Å²) in [5.41, 5.74) is 2.44. The molecule has 0 aromatic heterocycles. The van der Waals surface area contributed by atoms with Crippen LogP contribution >= 0.6 is 0 Å². The van der Waals surface area contributed by atoms with Crippen LogP contribution in [0.25, 0.3) is 0 Å². The fraction of sp³-hybridized carbons (Fsp3) is 0.500. The van der Waals surface area contributed by atoms with E-state index in [1.807, 2.05) is 48.2 Å². The summed E-state index contributed by atoms with van der Waals surface area (Å²) in [7, 11) is 0. The summed E-state index contributed by atoms with van der Waals surface area (Å²) in [6.45, 7) is 4.03. The number of hydrogen-bond acceptors (Lipinski definition) is 3. The molecule has 5 nitrogen and oxygen atoms in total. The largest absolute Gasteiger partial charge is 0.481 e. The molecule has 0 radical (unpaired) electrons. The lowest BCUT2D eigenvalue weighted by Gasteiger charge is -2.42. The maximum Gasteiger partial charge on any atom is 0.260 e. The van der Waals surface area contributed by atoms with Crippen LogP contribution in [0.15, 0.2) is 54.6 Å². The minimum atomic E-state index is -0.526. The molecule has 0 saturated carbocycles. The van der Waals surface area contributed by atoms with Crippen molar-refractivity contribution in [3.63, 3.8) is 0 Å². The van der Waals surface area contributed by atoms with E-state index >= 15 is 0 Å². The van der Waals surface area contributed by atoms with E-state index in [1.165, 1.54) is 11.1 Å². The molecule has 1 spiro atoms. The standard InChI is InChI=1S/C28H36N2O3/c1-22-27(32)29-21-28(16-8-7-12-24-11-5-6-13-25(24)33-22)17-19-30(20-18-28)26(31)15-14-23-9-3-2-4-10-23/h2-6,9-11,13,22H,7-8,12,14-21H2,1H3,(H,29,32)/t22-/m1/s1. The van der Waals surface area contributed by atoms with Crippen LogP contribution in [-0.4, -0.2) is 42.5 Å². The van der Waals surface area contributed by atoms with Crippen molar-refractivity contribution in [3.05, 3.63) is 65.7 Å². The minimum absolute atomic E-state index is 0.0598. The number of likely N-dealkylation sites (tertiary alicyclic amines) is 1. The van der Waals surface area contributed by atoms with Gasteiger partial charge in [0.15, 0.2) is 6.10 Å². The summed E-state index contributed by atoms with van der Waals surface area (Å²) in [5.74, 6) is 0.994. The number of nitrogens with zero attached hydrogens (tertiary/aromatic N) is 1. The molecule has 5 heteroatoms. The normalized spacial score (nSPS) is 21.2. The van der Waals surface area contributed by atoms with Gasteiger partial charge in [-0.15, -0.1) is 0 Å². The zero-order chi connectivity index (χ0) is 23.1. The van der Waals surface area contributed by atoms with Crippen molar-refractivity contribution >= 4 is 11.8 Å². The predicted octanol–water partition coefficient (Wildman–Crippen LogP) is 4.54. The zero-order valence-corrected chi connectivity index (χ0v) is 19.7. The van der Waals surface area contributed by atoms with Gasteiger partial charge >= 0.3 is 0 Å². The van der Waals surface area contributed by atoms with Crippen LogP contribution in [0.3, 0.4) is 0 Å². The number of carbonyl (C=O) groups excluding carboxylic acids is 2. The monoisotopic (exact) mass is 448 g/mol. The van der Waals surface area contributed by atoms with Gasteiger partial charge in [0.2, 0.25) is 5.91 Å². The Balaban J connectivity index is 1.35. The molecule has 4 rings (SSSR count). The van der Waals surface area contributed by atoms with Crippen LogP contribution in [0.5, 0.6) is 5.75 Å². The number of piperidine rings is 1. The summed E-state index contributed by atoms with van der Waals surface area (Å²) in [4.78, 5) is 27.6. The molecule has 2 heterocycles. The average molecular weight is 449 g/mol. The van der Waals surface area contributed by atoms with E-state index < -0.39 is 6.10 Å². The Labute approximate surface area is 197 Å². The molecular formula is C28H36N2O3. The van der Waals surface area contributed by atoms with Crippen molar-refractivity contribution in [2.75, 3.05) is 19.6 Å². The van der Waals surface area contributed by atoms with Crippen LogP contribution < -0.4 is 10.1 Å². The number of carbonyl (C=O) groups is 2. The van der Waals surface area contributed by atoms with Crippen molar-refractivity contribution in [2.24, 2.45) is 5.41 Å². The summed E-state index contributed by atoms with van der Waals surface area (Å²) >= 11 is 0. The lowest BCUT2D eigenvalue weighted by Crippen LogP contribution is -2.49. The highest BCUT2D eigenvalue weighted by Gasteiger charge is 2.36. The molecular weight excluding hydrogens is 412 g/mol. The quantitative estimate of drug-likeness (QED) is 0.750. The van der Waals surface area contributed by atoms with Gasteiger partial charge < -0.3 is 15.0 Å². The number of rotatable bonds is 3. The van der Waals surface area contributed by atoms with Gasteiger partial charge in [0.1, 0.15) is 5.75 Å². The van der Waals surface area contributed by atoms with Crippen LogP contribution in [0.4, 0.5) is 0 Å². The summed E-state index contributed by atoms with van der Waals surface area (Å²) in [6, 6.07) is 18.2. The summed E-state index contributed by atoms with van der Waals surface area (Å²) in [6.07, 6.45) is 6.96. The van der Waals surface area contributed by atoms with Crippen molar-refractivity contribution < 1.29 is 14.3 Å². The molecule has 0 bridgehead atoms. The fourth-order valence-electron chi connectivity index (χ4n) is 5.10. The fourth-order valence-corrected chi connectivity index (χ4v) is 5.10. The summed E-state index contributed by atoms with van der Waals surface area (Å²) in [5, 5.41) is 3.16. The van der Waals surface area contributed by atoms with E-state index in [1.54, 1.807) is 0 Å². The number of fused-ring (bicyclic) bond motifs is 1. The first-order valence-corrected chi connectivity index (χ1v) is 12.4. The molecule has 1 saturated heterocycles. The van der Waals surface area contributed by atoms with E-state index in [9.17, 15) is 9.59 Å². The summed E-state index contributed by atoms with van der Waals surface area (Å²) < 4.78 is 6.00. The molecule has 2 aromatic carbocycles. The van der Waals surface area contributed by atoms with Crippen molar-refractivity contribution in [1.82, 2.24) is 10.2 Å². The first-order chi connectivity index (χ1) is 16.0. The Morgan fingerprint density at radius 3 is 2.55 bits per heavy atom. The first kappa shape index (κ1) is 23.3. The minimum Gasteiger partial charge on any atom is -0.481 e. The second-order valence-corrected chi connectivity index (χ2v) is 9.66. The second kappa shape index (κ2) is 10.9. The lowest BCUT2D eigenvalue weighted by molar-refractivity contribution is -0.134. The maximum atomic E-state index is 12.8. The molecule has 2 aromatic rings. The van der Waals surface area contributed by atoms with Gasteiger partial charge in [-0.2, -0.15) is 0 Å². The highest BCUT2D eigenvalue weighted by atomic mass is 16.5. The van der Waals surface area contributed by atoms with E-state index in [2.05, 4.69) is 23.5 Å². The Morgan fingerprint density at radius 2 is 1.76 bits per heavy atom. The van der Waals surface area contributed by atoms with Crippen LogP contribution in [0, 0.1) is 5.41 Å². The molecule has 2 aliphatic heterocycles. The molecule has 0 aliphatic carbocycles. The van der Waals surface area contributed by atoms with Gasteiger partial charge in [-0.05, 0) is 68.1 Å². The van der Waals surface area contributed by atoms with Crippen LogP contribution in [0.1, 0.15) is 56.6 Å². The van der Waals surface area contributed by atoms with E-state index in [0.29, 0.717) is 13.0 Å². The van der Waals surface area contributed by atoms with Gasteiger partial charge in [0.05, 0.1) is 0 Å². The Bertz CT molecular complexity index is 935. The van der Waals surface area contributed by atoms with Crippen molar-refractivity contribution in [2.45, 2.75) is 64.4 Å². The number of nitrogens with one attached hydrogen (secondary N) is 1. The molecule has 0 unspecified atom stereocenters. The van der Waals surface area contributed by atoms with E-state index in [-0.39, 0.29) is 17.2 Å². The third kappa shape index (κ3) is 6.16. The second-order valence-electron chi connectivity index (χ2n) is 9.66. The van der Waals surface area contributed by atoms with Gasteiger partial charge in [-0.1, -0.05) is 55.0 Å². The van der Waals surface area contributed by atoms with Gasteiger partial charge in [-0.25, -0.2) is 0 Å². The van der Waals surface area contributed by atoms with Crippen LogP contribution in [-0.2, 0) is 22.4 Å². The van der Waals surface area contributed by atoms with Crippen LogP contribution in [0.2, 0.25) is 0 Å². The molecule has 176 valence electrons. The molecule has 1 fully saturated rings. The third-order valence-electron chi connectivity index (χ3n) is 7.33. The number of aryl methyl sites for hydroxylation is 2. The lowest BCUT2D eigenvalue weighted by atomic mass is 9.74. The Kier molecular flexibility index (Phi) is 7.69. The van der Waals surface area contributed by atoms with Crippen molar-refractivity contribution in [3.8, 4) is 5.75 Å². The molecule has 1 N–H and O–H groups in total. The number of para-hydroxylation sites is 1. The number of amides is 2. The third-order valence-corrected chi connectivity index (χ3v) is 7.33. The topological polar surface area (TPSA) is 58.6 Å². The van der Waals surface area contributed by atoms with Gasteiger partial charge in [-0.3, -0.25) is 9.59 Å². The van der Waals surface area contributed by atoms with E-state index in [0.717, 1.165) is 63.8 Å². The zero-order valence-electron chi connectivity index (χ0n) is 19.7. The number of hydrogen-bond donors (Lipinski definition) is 1. The highest BCUT2D eigenvalue weighted by molar-refractivity contribution is 5.80. The number of ether oxygens (including phenoxy) is 1. The number of benzene rings is 2. The molecule has 33 heavy (non-hydrogen) atoms. The smallest absolute Gasteiger partial charge is 0.260 e. The molecule has 2 amide bonds. The van der Waals surface area contributed by atoms with Gasteiger partial charge in [0, 0.05) is 26.1 Å². The predicted molar refractivity (Wildman–Crippen MR) is 130 cm³/mol. The Morgan fingerprint density at radius 1 is 1.03 bits per heavy atom. The van der Waals surface area contributed by atoms with Crippen molar-refractivity contribution in [1.29, 1.82) is 0 Å². The highest BCUT2D eigenvalue weighted by Crippen LogP contribution is 2.37. The SMILES string of the molecule is C[C@H]1Oc2ccccc2CCCCC2(CCN(C(=O)CCc3ccccc3)CC2)CNC1=O. The maximum absolute atomic E-state index is 12.8. The average Bonchev–Trinajstić information content (AvgIpc) is 2.85. The first-order valence-electron chi connectivity index (χ1n) is 12.4. The Hall–Kier alpha value is -2.82. The van der Waals surface area contributed by atoms with Gasteiger partial charge in [0.25, 0.3) is 5.91 Å².